The fourth-order valence-electron chi connectivity index (χ4n) is 3.32. The molecule has 0 unspecified atom stereocenters. The van der Waals surface area contributed by atoms with Crippen molar-refractivity contribution in [1.29, 1.82) is 0 Å². The Morgan fingerprint density at radius 1 is 0.909 bits per heavy atom. The third-order valence-corrected chi connectivity index (χ3v) is 5.13. The topological polar surface area (TPSA) is 72.7 Å². The third-order valence-electron chi connectivity index (χ3n) is 4.92. The third kappa shape index (κ3) is 4.45. The first-order valence-electron chi connectivity index (χ1n) is 10.1. The quantitative estimate of drug-likeness (QED) is 0.298. The fourth-order valence-corrected chi connectivity index (χ4v) is 3.47. The molecule has 0 amide bonds. The first-order chi connectivity index (χ1) is 16.2. The van der Waals surface area contributed by atoms with E-state index in [1.54, 1.807) is 36.7 Å². The maximum absolute atomic E-state index is 12.6. The maximum atomic E-state index is 12.6. The second-order valence-corrected chi connectivity index (χ2v) is 7.51. The summed E-state index contributed by atoms with van der Waals surface area (Å²) >= 11 is 6.07. The summed E-state index contributed by atoms with van der Waals surface area (Å²) in [6.45, 7) is 0. The number of para-hydroxylation sites is 1. The maximum Gasteiger partial charge on any atom is 0.261 e. The number of carbonyl (C=O) groups excluding carboxylic acids is 1. The Kier molecular flexibility index (Phi) is 5.54. The van der Waals surface area contributed by atoms with E-state index >= 15 is 0 Å². The van der Waals surface area contributed by atoms with Crippen LogP contribution in [-0.2, 0) is 0 Å². The van der Waals surface area contributed by atoms with Crippen LogP contribution in [0.4, 0.5) is 11.5 Å². The Morgan fingerprint density at radius 3 is 2.64 bits per heavy atom. The number of anilines is 2. The molecule has 5 rings (SSSR count). The lowest BCUT2D eigenvalue weighted by atomic mass is 10.1. The molecule has 0 radical (unpaired) electrons. The van der Waals surface area contributed by atoms with Crippen LogP contribution in [0.2, 0.25) is 5.15 Å². The number of halogens is 1. The van der Waals surface area contributed by atoms with E-state index in [1.165, 1.54) is 10.9 Å². The molecule has 33 heavy (non-hydrogen) atoms. The highest BCUT2D eigenvalue weighted by Gasteiger charge is 2.09. The largest absolute Gasteiger partial charge is 0.337 e. The molecule has 0 saturated carbocycles. The monoisotopic (exact) mass is 449 g/mol. The molecule has 158 valence electrons. The van der Waals surface area contributed by atoms with Gasteiger partial charge in [0.25, 0.3) is 5.91 Å². The van der Waals surface area contributed by atoms with Crippen molar-refractivity contribution in [2.75, 3.05) is 5.32 Å². The molecule has 2 aromatic carbocycles. The number of carbonyl (C=O) groups is 1. The fraction of sp³-hybridized carbons (Fsp3) is 0. The van der Waals surface area contributed by atoms with Crippen LogP contribution < -0.4 is 5.32 Å². The smallest absolute Gasteiger partial charge is 0.261 e. The molecule has 0 saturated heterocycles. The van der Waals surface area contributed by atoms with Gasteiger partial charge in [-0.15, -0.1) is 0 Å². The number of pyridine rings is 1. The number of nitrogens with one attached hydrogen (secondary N) is 1. The van der Waals surface area contributed by atoms with Crippen molar-refractivity contribution >= 4 is 40.0 Å². The van der Waals surface area contributed by atoms with Gasteiger partial charge in [-0.2, -0.15) is 0 Å². The van der Waals surface area contributed by atoms with Crippen molar-refractivity contribution in [2.24, 2.45) is 0 Å². The van der Waals surface area contributed by atoms with Gasteiger partial charge in [0, 0.05) is 29.1 Å². The van der Waals surface area contributed by atoms with Gasteiger partial charge in [-0.25, -0.2) is 15.0 Å². The molecule has 1 N–H and O–H groups in total. The second-order valence-electron chi connectivity index (χ2n) is 7.12. The molecular formula is C26H16ClN5O. The molecule has 0 aliphatic carbocycles. The number of aromatic nitrogens is 4. The molecule has 3 aromatic heterocycles. The first kappa shape index (κ1) is 20.4. The molecule has 0 aliphatic rings. The van der Waals surface area contributed by atoms with E-state index in [-0.39, 0.29) is 5.91 Å². The molecule has 6 nitrogen and oxygen atoms in total. The number of benzene rings is 2. The van der Waals surface area contributed by atoms with Crippen molar-refractivity contribution in [2.45, 2.75) is 0 Å². The van der Waals surface area contributed by atoms with Crippen LogP contribution in [0.1, 0.15) is 21.5 Å². The molecule has 0 aliphatic heterocycles. The van der Waals surface area contributed by atoms with Crippen molar-refractivity contribution in [3.8, 4) is 11.8 Å². The Bertz CT molecular complexity index is 1530. The first-order valence-corrected chi connectivity index (χ1v) is 10.5. The number of rotatable bonds is 3. The zero-order valence-corrected chi connectivity index (χ0v) is 18.0. The molecule has 0 atom stereocenters. The molecule has 0 bridgehead atoms. The number of nitrogens with zero attached hydrogens (tertiary/aromatic N) is 4. The van der Waals surface area contributed by atoms with Crippen LogP contribution in [0.25, 0.3) is 11.0 Å². The van der Waals surface area contributed by atoms with Crippen molar-refractivity contribution in [3.05, 3.63) is 113 Å². The van der Waals surface area contributed by atoms with Crippen molar-refractivity contribution < 1.29 is 4.79 Å². The summed E-state index contributed by atoms with van der Waals surface area (Å²) in [5, 5.41) is 3.66. The molecule has 7 heteroatoms. The zero-order valence-electron chi connectivity index (χ0n) is 17.2. The van der Waals surface area contributed by atoms with E-state index in [4.69, 9.17) is 11.6 Å². The SMILES string of the molecule is O=C(c1cccc(C#Cc2ccccc2Nc2ncnc3ccc(Cl)nc23)c1)n1cccc1. The van der Waals surface area contributed by atoms with Gasteiger partial charge in [-0.1, -0.05) is 41.6 Å². The van der Waals surface area contributed by atoms with E-state index in [0.29, 0.717) is 27.6 Å². The second kappa shape index (κ2) is 8.95. The van der Waals surface area contributed by atoms with E-state index in [0.717, 1.165) is 16.8 Å². The summed E-state index contributed by atoms with van der Waals surface area (Å²) in [6.07, 6.45) is 4.92. The minimum absolute atomic E-state index is 0.104. The van der Waals surface area contributed by atoms with Gasteiger partial charge in [0.1, 0.15) is 17.0 Å². The molecule has 0 spiro atoms. The van der Waals surface area contributed by atoms with Gasteiger partial charge in [0.05, 0.1) is 11.2 Å². The molecule has 3 heterocycles. The Hall–Kier alpha value is -4.47. The Morgan fingerprint density at radius 2 is 1.76 bits per heavy atom. The summed E-state index contributed by atoms with van der Waals surface area (Å²) in [6, 6.07) is 22.0. The molecule has 0 fully saturated rings. The predicted octanol–water partition coefficient (Wildman–Crippen LogP) is 5.31. The van der Waals surface area contributed by atoms with Crippen molar-refractivity contribution in [3.63, 3.8) is 0 Å². The molecule has 5 aromatic rings. The van der Waals surface area contributed by atoms with Crippen molar-refractivity contribution in [1.82, 2.24) is 19.5 Å². The van der Waals surface area contributed by atoms with Crippen LogP contribution in [0.15, 0.2) is 91.5 Å². The summed E-state index contributed by atoms with van der Waals surface area (Å²) in [5.41, 5.74) is 4.11. The lowest BCUT2D eigenvalue weighted by Crippen LogP contribution is -2.09. The number of hydrogen-bond acceptors (Lipinski definition) is 5. The van der Waals surface area contributed by atoms with Gasteiger partial charge < -0.3 is 5.32 Å². The number of fused-ring (bicyclic) bond motifs is 1. The van der Waals surface area contributed by atoms with E-state index < -0.39 is 0 Å². The van der Waals surface area contributed by atoms with Crippen LogP contribution in [0.5, 0.6) is 0 Å². The van der Waals surface area contributed by atoms with E-state index in [2.05, 4.69) is 32.1 Å². The van der Waals surface area contributed by atoms with Crippen LogP contribution >= 0.6 is 11.6 Å². The standard InChI is InChI=1S/C26H16ClN5O/c27-23-13-12-22-24(31-23)25(29-17-28-22)30-21-9-2-1-7-19(21)11-10-18-6-5-8-20(16-18)26(33)32-14-3-4-15-32/h1-9,12-17H,(H,28,29,30). The highest BCUT2D eigenvalue weighted by Crippen LogP contribution is 2.24. The Labute approximate surface area is 194 Å². The summed E-state index contributed by atoms with van der Waals surface area (Å²) in [7, 11) is 0. The lowest BCUT2D eigenvalue weighted by Gasteiger charge is -2.09. The van der Waals surface area contributed by atoms with Crippen LogP contribution in [0, 0.1) is 11.8 Å². The van der Waals surface area contributed by atoms with Gasteiger partial charge in [0.15, 0.2) is 5.82 Å². The van der Waals surface area contributed by atoms with Gasteiger partial charge in [-0.3, -0.25) is 9.36 Å². The van der Waals surface area contributed by atoms with Crippen LogP contribution in [-0.4, -0.2) is 25.4 Å². The normalized spacial score (nSPS) is 10.5. The lowest BCUT2D eigenvalue weighted by molar-refractivity contribution is 0.0960. The average Bonchev–Trinajstić information content (AvgIpc) is 3.39. The van der Waals surface area contributed by atoms with Crippen LogP contribution in [0.3, 0.4) is 0 Å². The number of hydrogen-bond donors (Lipinski definition) is 1. The van der Waals surface area contributed by atoms with Gasteiger partial charge in [-0.05, 0) is 54.6 Å². The van der Waals surface area contributed by atoms with Gasteiger partial charge >= 0.3 is 0 Å². The predicted molar refractivity (Wildman–Crippen MR) is 129 cm³/mol. The van der Waals surface area contributed by atoms with E-state index in [9.17, 15) is 4.79 Å². The van der Waals surface area contributed by atoms with Gasteiger partial charge in [0.2, 0.25) is 0 Å². The average molecular weight is 450 g/mol. The summed E-state index contributed by atoms with van der Waals surface area (Å²) < 4.78 is 1.54. The highest BCUT2D eigenvalue weighted by atomic mass is 35.5. The van der Waals surface area contributed by atoms with E-state index in [1.807, 2.05) is 48.5 Å². The molecular weight excluding hydrogens is 434 g/mol. The minimum atomic E-state index is -0.104. The summed E-state index contributed by atoms with van der Waals surface area (Å²) in [4.78, 5) is 25.5. The zero-order chi connectivity index (χ0) is 22.6. The minimum Gasteiger partial charge on any atom is -0.337 e. The Balaban J connectivity index is 1.46. The summed E-state index contributed by atoms with van der Waals surface area (Å²) in [5.74, 6) is 6.78. The highest BCUT2D eigenvalue weighted by molar-refractivity contribution is 6.29.